The number of hydrogen-bond acceptors (Lipinski definition) is 5. The average molecular weight is 372 g/mol. The lowest BCUT2D eigenvalue weighted by Gasteiger charge is -2.36. The van der Waals surface area contributed by atoms with Gasteiger partial charge in [-0.3, -0.25) is 8.99 Å². The highest BCUT2D eigenvalue weighted by molar-refractivity contribution is 7.98. The lowest BCUT2D eigenvalue weighted by molar-refractivity contribution is 0.522. The van der Waals surface area contributed by atoms with Crippen LogP contribution in [0.15, 0.2) is 23.5 Å². The zero-order valence-electron chi connectivity index (χ0n) is 13.1. The Bertz CT molecular complexity index is 898. The van der Waals surface area contributed by atoms with Gasteiger partial charge in [0, 0.05) is 30.7 Å². The van der Waals surface area contributed by atoms with E-state index < -0.39 is 15.2 Å². The third-order valence-electron chi connectivity index (χ3n) is 3.85. The Morgan fingerprint density at radius 1 is 1.52 bits per heavy atom. The molecule has 0 amide bonds. The minimum absolute atomic E-state index is 0.214. The summed E-state index contributed by atoms with van der Waals surface area (Å²) >= 11 is 7.96. The topological polar surface area (TPSA) is 76.5 Å². The quantitative estimate of drug-likeness (QED) is 0.819. The molecule has 124 valence electrons. The van der Waals surface area contributed by atoms with E-state index in [0.29, 0.717) is 5.02 Å². The zero-order chi connectivity index (χ0) is 17.0. The highest BCUT2D eigenvalue weighted by Crippen LogP contribution is 2.43. The number of halogens is 1. The molecule has 2 atom stereocenters. The summed E-state index contributed by atoms with van der Waals surface area (Å²) in [4.78, 5) is 6.37. The fraction of sp³-hybridized carbons (Fsp3) is 0.357. The van der Waals surface area contributed by atoms with Gasteiger partial charge in [-0.2, -0.15) is 5.10 Å². The summed E-state index contributed by atoms with van der Waals surface area (Å²) < 4.78 is 15.9. The lowest BCUT2D eigenvalue weighted by atomic mass is 10.0. The highest BCUT2D eigenvalue weighted by Gasteiger charge is 2.39. The molecule has 1 aliphatic heterocycles. The van der Waals surface area contributed by atoms with Crippen LogP contribution in [0.1, 0.15) is 11.8 Å². The fourth-order valence-corrected chi connectivity index (χ4v) is 5.97. The van der Waals surface area contributed by atoms with Gasteiger partial charge in [0.15, 0.2) is 0 Å². The Morgan fingerprint density at radius 3 is 2.78 bits per heavy atom. The molecule has 3 heterocycles. The molecule has 2 aromatic rings. The molecular weight excluding hydrogens is 354 g/mol. The molecule has 23 heavy (non-hydrogen) atoms. The van der Waals surface area contributed by atoms with Crippen molar-refractivity contribution in [2.45, 2.75) is 12.5 Å². The smallest absolute Gasteiger partial charge is 0.203 e. The van der Waals surface area contributed by atoms with Crippen LogP contribution in [0.25, 0.3) is 10.4 Å². The van der Waals surface area contributed by atoms with Gasteiger partial charge in [-0.15, -0.1) is 11.3 Å². The van der Waals surface area contributed by atoms with Gasteiger partial charge in [-0.05, 0) is 18.9 Å². The van der Waals surface area contributed by atoms with Gasteiger partial charge in [0.2, 0.25) is 5.96 Å². The number of thiophene rings is 1. The van der Waals surface area contributed by atoms with Crippen LogP contribution >= 0.6 is 22.9 Å². The second kappa shape index (κ2) is 5.25. The first-order chi connectivity index (χ1) is 10.6. The van der Waals surface area contributed by atoms with Crippen molar-refractivity contribution >= 4 is 44.5 Å². The van der Waals surface area contributed by atoms with Crippen LogP contribution < -0.4 is 5.73 Å². The van der Waals surface area contributed by atoms with E-state index in [9.17, 15) is 4.21 Å². The SMILES string of the molecule is C=S1(=O)C[C@@](C)(c2sc(-c3cnn(C)c3)cc2Cl)N=C(N)N1C. The summed E-state index contributed by atoms with van der Waals surface area (Å²) in [7, 11) is 0.980. The Labute approximate surface area is 144 Å². The maximum Gasteiger partial charge on any atom is 0.203 e. The Morgan fingerprint density at radius 2 is 2.22 bits per heavy atom. The first-order valence-corrected chi connectivity index (χ1v) is 9.90. The monoisotopic (exact) mass is 371 g/mol. The third kappa shape index (κ3) is 2.75. The number of aliphatic imine (C=N–C) groups is 1. The predicted molar refractivity (Wildman–Crippen MR) is 98.4 cm³/mol. The highest BCUT2D eigenvalue weighted by atomic mass is 35.5. The number of guanidine groups is 1. The Hall–Kier alpha value is -1.51. The van der Waals surface area contributed by atoms with E-state index in [4.69, 9.17) is 17.3 Å². The minimum atomic E-state index is -2.53. The molecule has 2 aromatic heterocycles. The van der Waals surface area contributed by atoms with Crippen molar-refractivity contribution in [1.29, 1.82) is 0 Å². The number of nitrogens with zero attached hydrogens (tertiary/aromatic N) is 4. The summed E-state index contributed by atoms with van der Waals surface area (Å²) in [5.41, 5.74) is 6.17. The van der Waals surface area contributed by atoms with E-state index in [1.807, 2.05) is 26.2 Å². The molecule has 6 nitrogen and oxygen atoms in total. The van der Waals surface area contributed by atoms with Crippen molar-refractivity contribution in [3.8, 4) is 10.4 Å². The largest absolute Gasteiger partial charge is 0.369 e. The van der Waals surface area contributed by atoms with Crippen molar-refractivity contribution in [2.75, 3.05) is 12.8 Å². The first-order valence-electron chi connectivity index (χ1n) is 6.85. The maximum absolute atomic E-state index is 12.7. The van der Waals surface area contributed by atoms with Gasteiger partial charge >= 0.3 is 0 Å². The zero-order valence-corrected chi connectivity index (χ0v) is 15.5. The van der Waals surface area contributed by atoms with Crippen LogP contribution in [0.4, 0.5) is 0 Å². The minimum Gasteiger partial charge on any atom is -0.369 e. The molecule has 1 unspecified atom stereocenters. The number of rotatable bonds is 2. The van der Waals surface area contributed by atoms with Crippen molar-refractivity contribution in [1.82, 2.24) is 14.1 Å². The van der Waals surface area contributed by atoms with Crippen LogP contribution in [-0.4, -0.2) is 42.9 Å². The summed E-state index contributed by atoms with van der Waals surface area (Å²) in [5.74, 6) is 4.30. The summed E-state index contributed by atoms with van der Waals surface area (Å²) in [5, 5.41) is 4.77. The van der Waals surface area contributed by atoms with Crippen LogP contribution in [0.2, 0.25) is 5.02 Å². The molecule has 0 spiro atoms. The van der Waals surface area contributed by atoms with Crippen LogP contribution in [-0.2, 0) is 22.3 Å². The van der Waals surface area contributed by atoms with Crippen LogP contribution in [0.3, 0.4) is 0 Å². The van der Waals surface area contributed by atoms with Crippen molar-refractivity contribution in [2.24, 2.45) is 17.8 Å². The van der Waals surface area contributed by atoms with E-state index in [1.165, 1.54) is 15.6 Å². The van der Waals surface area contributed by atoms with E-state index in [1.54, 1.807) is 17.9 Å². The molecule has 0 saturated carbocycles. The van der Waals surface area contributed by atoms with Crippen molar-refractivity contribution in [3.05, 3.63) is 28.4 Å². The summed E-state index contributed by atoms with van der Waals surface area (Å²) in [6.07, 6.45) is 3.70. The molecule has 0 radical (unpaired) electrons. The number of hydrogen-bond donors (Lipinski definition) is 1. The van der Waals surface area contributed by atoms with E-state index >= 15 is 0 Å². The van der Waals surface area contributed by atoms with Gasteiger partial charge < -0.3 is 5.73 Å². The van der Waals surface area contributed by atoms with E-state index in [-0.39, 0.29) is 11.7 Å². The normalized spacial score (nSPS) is 28.0. The van der Waals surface area contributed by atoms with Gasteiger partial charge in [0.25, 0.3) is 0 Å². The van der Waals surface area contributed by atoms with Gasteiger partial charge in [-0.1, -0.05) is 11.6 Å². The van der Waals surface area contributed by atoms with Crippen molar-refractivity contribution in [3.63, 3.8) is 0 Å². The number of nitrogens with two attached hydrogens (primary N) is 1. The van der Waals surface area contributed by atoms with E-state index in [0.717, 1.165) is 15.3 Å². The summed E-state index contributed by atoms with van der Waals surface area (Å²) in [6, 6.07) is 1.89. The molecule has 3 rings (SSSR count). The molecular formula is C14H18ClN5OS2. The fourth-order valence-electron chi connectivity index (χ4n) is 2.61. The Balaban J connectivity index is 2.10. The molecule has 2 N–H and O–H groups in total. The Kier molecular flexibility index (Phi) is 3.74. The number of aryl methyl sites for hydroxylation is 1. The van der Waals surface area contributed by atoms with Gasteiger partial charge in [-0.25, -0.2) is 9.20 Å². The maximum atomic E-state index is 12.7. The molecule has 0 aliphatic carbocycles. The first kappa shape index (κ1) is 16.4. The standard InChI is InChI=1S/C14H18ClN5OS2/c1-14(8-23(4,21)20(3)13(16)18-14)12-10(15)5-11(22-12)9-6-17-19(2)7-9/h5-7H,4,8H2,1-3H3,(H2,16,18)/t14-,23?/m0/s1. The average Bonchev–Trinajstić information content (AvgIpc) is 3.02. The molecule has 9 heteroatoms. The molecule has 0 aromatic carbocycles. The lowest BCUT2D eigenvalue weighted by Crippen LogP contribution is -2.50. The third-order valence-corrected chi connectivity index (χ3v) is 7.90. The van der Waals surface area contributed by atoms with Gasteiger partial charge in [0.1, 0.15) is 5.54 Å². The molecule has 0 fully saturated rings. The van der Waals surface area contributed by atoms with Crippen molar-refractivity contribution < 1.29 is 4.21 Å². The van der Waals surface area contributed by atoms with Crippen LogP contribution in [0.5, 0.6) is 0 Å². The number of aromatic nitrogens is 2. The second-order valence-electron chi connectivity index (χ2n) is 5.85. The molecule has 0 saturated heterocycles. The predicted octanol–water partition coefficient (Wildman–Crippen LogP) is 1.91. The molecule has 0 bridgehead atoms. The molecule has 1 aliphatic rings. The van der Waals surface area contributed by atoms with Gasteiger partial charge in [0.05, 0.1) is 31.6 Å². The van der Waals surface area contributed by atoms with E-state index in [2.05, 4.69) is 16.0 Å². The summed E-state index contributed by atoms with van der Waals surface area (Å²) in [6.45, 7) is 1.89. The second-order valence-corrected chi connectivity index (χ2v) is 9.69. The van der Waals surface area contributed by atoms with Crippen LogP contribution in [0, 0.1) is 0 Å².